The molecule has 0 saturated carbocycles. The van der Waals surface area contributed by atoms with Crippen molar-refractivity contribution in [2.45, 2.75) is 37.7 Å². The lowest BCUT2D eigenvalue weighted by molar-refractivity contribution is -0.193. The molecule has 0 radical (unpaired) electrons. The van der Waals surface area contributed by atoms with E-state index >= 15 is 0 Å². The Labute approximate surface area is 294 Å². The van der Waals surface area contributed by atoms with Gasteiger partial charge in [-0.15, -0.1) is 0 Å². The van der Waals surface area contributed by atoms with E-state index < -0.39 is 47.9 Å². The maximum absolute atomic E-state index is 14.8. The van der Waals surface area contributed by atoms with Crippen LogP contribution in [0, 0.1) is 11.6 Å². The number of amides is 4. The van der Waals surface area contributed by atoms with Crippen LogP contribution in [0.3, 0.4) is 0 Å². The van der Waals surface area contributed by atoms with Crippen molar-refractivity contribution in [3.8, 4) is 11.5 Å². The van der Waals surface area contributed by atoms with Crippen molar-refractivity contribution >= 4 is 41.5 Å². The molecule has 3 aromatic rings. The van der Waals surface area contributed by atoms with E-state index in [4.69, 9.17) is 30.3 Å². The number of nitrogens with two attached hydrogens (primary N) is 1. The molecule has 1 aromatic heterocycles. The van der Waals surface area contributed by atoms with Gasteiger partial charge in [-0.1, -0.05) is 12.1 Å². The predicted octanol–water partition coefficient (Wildman–Crippen LogP) is 5.27. The second kappa shape index (κ2) is 19.5. The van der Waals surface area contributed by atoms with Crippen molar-refractivity contribution in [2.24, 2.45) is 5.73 Å². The molecule has 2 aromatic carbocycles. The molecule has 2 heterocycles. The fourth-order valence-corrected chi connectivity index (χ4v) is 3.90. The molecule has 6 N–H and O–H groups in total. The number of nitrogens with zero attached hydrogens (tertiary/aromatic N) is 2. The molecule has 286 valence electrons. The lowest BCUT2D eigenvalue weighted by atomic mass is 10.1. The second-order valence-corrected chi connectivity index (χ2v) is 10.6. The Hall–Kier alpha value is -6.12. The third-order valence-electron chi connectivity index (χ3n) is 6.49. The second-order valence-electron chi connectivity index (χ2n) is 10.6. The molecule has 1 aliphatic heterocycles. The summed E-state index contributed by atoms with van der Waals surface area (Å²) in [6.07, 6.45) is -2.86. The molecule has 13 nitrogen and oxygen atoms in total. The van der Waals surface area contributed by atoms with Gasteiger partial charge in [0.1, 0.15) is 11.6 Å². The minimum Gasteiger partial charge on any atom is -0.475 e. The van der Waals surface area contributed by atoms with Crippen LogP contribution >= 0.6 is 0 Å². The zero-order valence-corrected chi connectivity index (χ0v) is 26.9. The first kappa shape index (κ1) is 43.0. The molecule has 0 bridgehead atoms. The Morgan fingerprint density at radius 2 is 1.45 bits per heavy atom. The zero-order chi connectivity index (χ0) is 39.9. The van der Waals surface area contributed by atoms with E-state index in [2.05, 4.69) is 15.6 Å². The number of aromatic nitrogens is 1. The Balaban J connectivity index is 0.000000587. The first-order valence-corrected chi connectivity index (χ1v) is 14.7. The quantitative estimate of drug-likeness (QED) is 0.156. The molecule has 1 saturated heterocycles. The number of ether oxygens (including phenoxy) is 1. The van der Waals surface area contributed by atoms with Crippen molar-refractivity contribution in [3.05, 3.63) is 89.8 Å². The number of carbonyl (C=O) groups is 5. The number of carboxylic acid groups (broad SMARTS) is 2. The van der Waals surface area contributed by atoms with Crippen molar-refractivity contribution in [2.75, 3.05) is 18.4 Å². The Morgan fingerprint density at radius 3 is 1.98 bits per heavy atom. The number of benzene rings is 2. The summed E-state index contributed by atoms with van der Waals surface area (Å²) in [6, 6.07) is 9.87. The average Bonchev–Trinajstić information content (AvgIpc) is 3.06. The van der Waals surface area contributed by atoms with Crippen LogP contribution in [0.15, 0.2) is 67.0 Å². The van der Waals surface area contributed by atoms with Gasteiger partial charge < -0.3 is 30.9 Å². The number of carbonyl (C=O) groups excluding carboxylic acids is 3. The summed E-state index contributed by atoms with van der Waals surface area (Å²) in [5.74, 6) is -7.33. The van der Waals surface area contributed by atoms with E-state index in [1.54, 1.807) is 11.0 Å². The van der Waals surface area contributed by atoms with Crippen LogP contribution in [0.25, 0.3) is 6.08 Å². The molecule has 4 amide bonds. The summed E-state index contributed by atoms with van der Waals surface area (Å²) in [7, 11) is 0. The highest BCUT2D eigenvalue weighted by Gasteiger charge is 2.38. The highest BCUT2D eigenvalue weighted by molar-refractivity contribution is 6.01. The van der Waals surface area contributed by atoms with Crippen LogP contribution in [-0.2, 0) is 25.6 Å². The van der Waals surface area contributed by atoms with Gasteiger partial charge in [0.25, 0.3) is 0 Å². The summed E-state index contributed by atoms with van der Waals surface area (Å²) in [6.45, 7) is 1.18. The predicted molar refractivity (Wildman–Crippen MR) is 168 cm³/mol. The van der Waals surface area contributed by atoms with Gasteiger partial charge in [-0.3, -0.25) is 19.9 Å². The molecule has 4 rings (SSSR count). The first-order chi connectivity index (χ1) is 24.6. The number of rotatable bonds is 7. The van der Waals surface area contributed by atoms with E-state index in [-0.39, 0.29) is 35.6 Å². The summed E-state index contributed by atoms with van der Waals surface area (Å²) >= 11 is 0. The highest BCUT2D eigenvalue weighted by Crippen LogP contribution is 2.29. The summed E-state index contributed by atoms with van der Waals surface area (Å²) in [5.41, 5.74) is 6.98. The number of anilines is 1. The summed E-state index contributed by atoms with van der Waals surface area (Å²) in [4.78, 5) is 60.3. The molecule has 1 aliphatic rings. The third-order valence-corrected chi connectivity index (χ3v) is 6.49. The number of aliphatic carboxylic acids is 2. The lowest BCUT2D eigenvalue weighted by Crippen LogP contribution is -2.42. The van der Waals surface area contributed by atoms with Crippen LogP contribution in [0.2, 0.25) is 0 Å². The normalized spacial score (nSPS) is 13.1. The largest absolute Gasteiger partial charge is 0.490 e. The van der Waals surface area contributed by atoms with Gasteiger partial charge in [0, 0.05) is 54.9 Å². The Kier molecular flexibility index (Phi) is 15.8. The summed E-state index contributed by atoms with van der Waals surface area (Å²) < 4.78 is 97.0. The smallest absolute Gasteiger partial charge is 0.475 e. The Morgan fingerprint density at radius 1 is 0.887 bits per heavy atom. The van der Waals surface area contributed by atoms with Crippen molar-refractivity contribution in [1.29, 1.82) is 0 Å². The van der Waals surface area contributed by atoms with Crippen molar-refractivity contribution in [1.82, 2.24) is 15.2 Å². The SMILES string of the molecule is NC1CCN(C(=O)/C=C/c2cnccc2Oc2ccc(NC(=O)NC(=O)Cc3ccc(F)cc3)cc2F)CC1.O=C(O)C(F)(F)F.O=C(O)C(F)(F)F. The number of likely N-dealkylation sites (tertiary alicyclic amines) is 1. The number of piperidine rings is 1. The van der Waals surface area contributed by atoms with E-state index in [0.29, 0.717) is 24.2 Å². The van der Waals surface area contributed by atoms with Gasteiger partial charge in [0.15, 0.2) is 11.6 Å². The molecule has 21 heteroatoms. The van der Waals surface area contributed by atoms with Crippen LogP contribution < -0.4 is 21.1 Å². The number of imide groups is 1. The summed E-state index contributed by atoms with van der Waals surface area (Å²) in [5, 5.41) is 18.8. The molecule has 0 aliphatic carbocycles. The Bertz CT molecular complexity index is 1750. The van der Waals surface area contributed by atoms with Crippen LogP contribution in [0.1, 0.15) is 24.0 Å². The highest BCUT2D eigenvalue weighted by atomic mass is 19.4. The maximum atomic E-state index is 14.8. The van der Waals surface area contributed by atoms with E-state index in [1.807, 2.05) is 0 Å². The topological polar surface area (TPSA) is 201 Å². The fraction of sp³-hybridized carbons (Fsp3) is 0.250. The number of hydrogen-bond donors (Lipinski definition) is 5. The third kappa shape index (κ3) is 15.8. The van der Waals surface area contributed by atoms with E-state index in [1.165, 1.54) is 60.9 Å². The maximum Gasteiger partial charge on any atom is 0.490 e. The van der Waals surface area contributed by atoms with Crippen molar-refractivity contribution in [3.63, 3.8) is 0 Å². The van der Waals surface area contributed by atoms with Crippen LogP contribution in [-0.4, -0.2) is 81.4 Å². The standard InChI is InChI=1S/C28H27F2N5O4.2C2HF3O2/c29-20-4-1-18(2-5-20)15-26(36)34-28(38)33-22-6-7-25(23(30)16-22)39-24-9-12-32-17-19(24)3-8-27(37)35-13-10-21(31)11-14-35;2*3-2(4,5)1(6)7/h1-9,12,16-17,21H,10-11,13-15,31H2,(H2,33,34,36,38);2*(H,6,7)/b8-3+;;. The van der Waals surface area contributed by atoms with E-state index in [9.17, 15) is 49.5 Å². The molecule has 1 fully saturated rings. The monoisotopic (exact) mass is 763 g/mol. The average molecular weight is 764 g/mol. The number of nitrogens with one attached hydrogen (secondary N) is 2. The number of halogens is 8. The minimum absolute atomic E-state index is 0.0913. The van der Waals surface area contributed by atoms with Crippen molar-refractivity contribution < 1.29 is 74.0 Å². The molecule has 53 heavy (non-hydrogen) atoms. The number of pyridine rings is 1. The number of urea groups is 1. The molecule has 0 spiro atoms. The van der Waals surface area contributed by atoms with Gasteiger partial charge in [0.05, 0.1) is 6.42 Å². The molecule has 0 atom stereocenters. The minimum atomic E-state index is -5.08. The van der Waals surface area contributed by atoms with Gasteiger partial charge in [-0.25, -0.2) is 23.2 Å². The zero-order valence-electron chi connectivity index (χ0n) is 26.9. The van der Waals surface area contributed by atoms with Gasteiger partial charge >= 0.3 is 30.3 Å². The molecular formula is C32H29F8N5O8. The number of alkyl halides is 6. The van der Waals surface area contributed by atoms with E-state index in [0.717, 1.165) is 18.9 Å². The van der Waals surface area contributed by atoms with Gasteiger partial charge in [-0.2, -0.15) is 26.3 Å². The van der Waals surface area contributed by atoms with Crippen LogP contribution in [0.4, 0.5) is 45.6 Å². The molecule has 0 unspecified atom stereocenters. The first-order valence-electron chi connectivity index (χ1n) is 14.7. The number of hydrogen-bond acceptors (Lipinski definition) is 8. The van der Waals surface area contributed by atoms with Crippen LogP contribution in [0.5, 0.6) is 11.5 Å². The van der Waals surface area contributed by atoms with Gasteiger partial charge in [0.2, 0.25) is 11.8 Å². The lowest BCUT2D eigenvalue weighted by Gasteiger charge is -2.29. The fourth-order valence-electron chi connectivity index (χ4n) is 3.90. The van der Waals surface area contributed by atoms with Gasteiger partial charge in [-0.05, 0) is 54.8 Å². The molecular weight excluding hydrogens is 734 g/mol. The number of carboxylic acids is 2.